The molecule has 2 rings (SSSR count). The van der Waals surface area contributed by atoms with Gasteiger partial charge in [-0.1, -0.05) is 12.1 Å². The lowest BCUT2D eigenvalue weighted by Gasteiger charge is -2.12. The van der Waals surface area contributed by atoms with Gasteiger partial charge in [-0.05, 0) is 55.0 Å². The average molecular weight is 278 g/mol. The summed E-state index contributed by atoms with van der Waals surface area (Å²) in [7, 11) is 0. The molecule has 2 aromatic rings. The monoisotopic (exact) mass is 278 g/mol. The van der Waals surface area contributed by atoms with Crippen LogP contribution in [-0.4, -0.2) is 5.11 Å². The van der Waals surface area contributed by atoms with E-state index in [0.717, 1.165) is 5.56 Å². The highest BCUT2D eigenvalue weighted by atomic mass is 32.1. The predicted octanol–water partition coefficient (Wildman–Crippen LogP) is 4.08. The fourth-order valence-corrected chi connectivity index (χ4v) is 1.83. The van der Waals surface area contributed by atoms with E-state index in [9.17, 15) is 8.78 Å². The summed E-state index contributed by atoms with van der Waals surface area (Å²) < 4.78 is 26.4. The van der Waals surface area contributed by atoms with Gasteiger partial charge in [0.25, 0.3) is 0 Å². The van der Waals surface area contributed by atoms with Crippen LogP contribution >= 0.6 is 12.2 Å². The summed E-state index contributed by atoms with van der Waals surface area (Å²) in [6.07, 6.45) is 0. The number of anilines is 2. The quantitative estimate of drug-likeness (QED) is 0.809. The van der Waals surface area contributed by atoms with E-state index in [-0.39, 0.29) is 16.7 Å². The van der Waals surface area contributed by atoms with Crippen molar-refractivity contribution in [2.24, 2.45) is 0 Å². The average Bonchev–Trinajstić information content (AvgIpc) is 2.36. The second kappa shape index (κ2) is 5.75. The van der Waals surface area contributed by atoms with Crippen molar-refractivity contribution in [2.75, 3.05) is 10.6 Å². The van der Waals surface area contributed by atoms with Crippen LogP contribution in [0, 0.1) is 18.6 Å². The lowest BCUT2D eigenvalue weighted by molar-refractivity contribution is 0.627. The van der Waals surface area contributed by atoms with Gasteiger partial charge in [0.2, 0.25) is 0 Å². The van der Waals surface area contributed by atoms with E-state index in [0.29, 0.717) is 11.4 Å². The van der Waals surface area contributed by atoms with Crippen LogP contribution in [0.2, 0.25) is 0 Å². The first-order valence-corrected chi connectivity index (χ1v) is 6.06. The molecular weight excluding hydrogens is 266 g/mol. The minimum Gasteiger partial charge on any atom is -0.332 e. The molecule has 0 aliphatic carbocycles. The van der Waals surface area contributed by atoms with Crippen molar-refractivity contribution in [2.45, 2.75) is 6.92 Å². The topological polar surface area (TPSA) is 24.1 Å². The molecule has 0 aliphatic rings. The van der Waals surface area contributed by atoms with E-state index in [1.54, 1.807) is 31.2 Å². The number of nitrogens with one attached hydrogen (secondary N) is 2. The number of hydrogen-bond donors (Lipinski definition) is 2. The SMILES string of the molecule is Cc1cc(F)ccc1NC(=S)Nc1ccccc1F. The molecule has 0 saturated carbocycles. The van der Waals surface area contributed by atoms with Crippen LogP contribution in [0.1, 0.15) is 5.56 Å². The molecule has 0 fully saturated rings. The Morgan fingerprint density at radius 2 is 1.68 bits per heavy atom. The number of aryl methyl sites for hydroxylation is 1. The Morgan fingerprint density at radius 1 is 1.00 bits per heavy atom. The first-order valence-electron chi connectivity index (χ1n) is 5.65. The Hall–Kier alpha value is -2.01. The molecule has 0 spiro atoms. The standard InChI is InChI=1S/C14H12F2N2S/c1-9-8-10(15)6-7-12(9)17-14(19)18-13-5-3-2-4-11(13)16/h2-8H,1H3,(H2,17,18,19). The van der Waals surface area contributed by atoms with Crippen molar-refractivity contribution in [1.29, 1.82) is 0 Å². The van der Waals surface area contributed by atoms with Gasteiger partial charge >= 0.3 is 0 Å². The van der Waals surface area contributed by atoms with Crippen LogP contribution < -0.4 is 10.6 Å². The van der Waals surface area contributed by atoms with Crippen LogP contribution in [0.5, 0.6) is 0 Å². The minimum atomic E-state index is -0.387. The van der Waals surface area contributed by atoms with E-state index in [1.807, 2.05) is 0 Å². The maximum Gasteiger partial charge on any atom is 0.175 e. The van der Waals surface area contributed by atoms with Crippen LogP contribution in [0.3, 0.4) is 0 Å². The summed E-state index contributed by atoms with van der Waals surface area (Å²) in [5.74, 6) is -0.696. The summed E-state index contributed by atoms with van der Waals surface area (Å²) in [6.45, 7) is 1.76. The normalized spacial score (nSPS) is 10.1. The molecule has 2 N–H and O–H groups in total. The number of thiocarbonyl (C=S) groups is 1. The van der Waals surface area contributed by atoms with Crippen molar-refractivity contribution in [3.05, 3.63) is 59.7 Å². The lowest BCUT2D eigenvalue weighted by atomic mass is 10.2. The molecular formula is C14H12F2N2S. The van der Waals surface area contributed by atoms with E-state index in [1.165, 1.54) is 18.2 Å². The van der Waals surface area contributed by atoms with Crippen molar-refractivity contribution in [1.82, 2.24) is 0 Å². The predicted molar refractivity (Wildman–Crippen MR) is 77.4 cm³/mol. The smallest absolute Gasteiger partial charge is 0.175 e. The second-order valence-electron chi connectivity index (χ2n) is 4.02. The Morgan fingerprint density at radius 3 is 2.37 bits per heavy atom. The van der Waals surface area contributed by atoms with Crippen molar-refractivity contribution in [3.8, 4) is 0 Å². The van der Waals surface area contributed by atoms with Crippen molar-refractivity contribution >= 4 is 28.7 Å². The van der Waals surface area contributed by atoms with Gasteiger partial charge in [-0.25, -0.2) is 8.78 Å². The number of para-hydroxylation sites is 1. The van der Waals surface area contributed by atoms with Crippen molar-refractivity contribution in [3.63, 3.8) is 0 Å². The van der Waals surface area contributed by atoms with E-state index < -0.39 is 0 Å². The van der Waals surface area contributed by atoms with E-state index in [4.69, 9.17) is 12.2 Å². The minimum absolute atomic E-state index is 0.250. The third-order valence-electron chi connectivity index (χ3n) is 2.56. The molecule has 19 heavy (non-hydrogen) atoms. The molecule has 0 bridgehead atoms. The Kier molecular flexibility index (Phi) is 4.06. The number of rotatable bonds is 2. The third kappa shape index (κ3) is 3.48. The van der Waals surface area contributed by atoms with Crippen LogP contribution in [-0.2, 0) is 0 Å². The number of hydrogen-bond acceptors (Lipinski definition) is 1. The zero-order valence-electron chi connectivity index (χ0n) is 10.2. The molecule has 0 heterocycles. The molecule has 2 aromatic carbocycles. The van der Waals surface area contributed by atoms with Gasteiger partial charge in [0.05, 0.1) is 5.69 Å². The largest absolute Gasteiger partial charge is 0.332 e. The fourth-order valence-electron chi connectivity index (χ4n) is 1.61. The zero-order chi connectivity index (χ0) is 13.8. The maximum atomic E-state index is 13.4. The third-order valence-corrected chi connectivity index (χ3v) is 2.76. The molecule has 0 amide bonds. The summed E-state index contributed by atoms with van der Waals surface area (Å²) in [6, 6.07) is 10.5. The Labute approximate surface area is 115 Å². The van der Waals surface area contributed by atoms with Gasteiger partial charge in [0, 0.05) is 5.69 Å². The molecule has 2 nitrogen and oxygen atoms in total. The van der Waals surface area contributed by atoms with Gasteiger partial charge in [-0.2, -0.15) is 0 Å². The lowest BCUT2D eigenvalue weighted by Crippen LogP contribution is -2.20. The second-order valence-corrected chi connectivity index (χ2v) is 4.43. The molecule has 0 atom stereocenters. The first kappa shape index (κ1) is 13.4. The fraction of sp³-hybridized carbons (Fsp3) is 0.0714. The van der Waals surface area contributed by atoms with Crippen LogP contribution in [0.4, 0.5) is 20.2 Å². The maximum absolute atomic E-state index is 13.4. The summed E-state index contributed by atoms with van der Waals surface area (Å²) in [4.78, 5) is 0. The first-order chi connectivity index (χ1) is 9.06. The molecule has 0 aromatic heterocycles. The molecule has 5 heteroatoms. The van der Waals surface area contributed by atoms with Gasteiger partial charge in [0.15, 0.2) is 5.11 Å². The molecule has 0 aliphatic heterocycles. The van der Waals surface area contributed by atoms with Gasteiger partial charge < -0.3 is 10.6 Å². The Balaban J connectivity index is 2.08. The molecule has 98 valence electrons. The summed E-state index contributed by atoms with van der Waals surface area (Å²) >= 11 is 5.09. The van der Waals surface area contributed by atoms with Gasteiger partial charge in [0.1, 0.15) is 11.6 Å². The van der Waals surface area contributed by atoms with Crippen LogP contribution in [0.25, 0.3) is 0 Å². The van der Waals surface area contributed by atoms with Crippen LogP contribution in [0.15, 0.2) is 42.5 Å². The molecule has 0 radical (unpaired) electrons. The highest BCUT2D eigenvalue weighted by molar-refractivity contribution is 7.80. The Bertz CT molecular complexity index is 614. The van der Waals surface area contributed by atoms with E-state index in [2.05, 4.69) is 10.6 Å². The molecule has 0 unspecified atom stereocenters. The summed E-state index contributed by atoms with van der Waals surface area (Å²) in [5, 5.41) is 5.90. The number of benzene rings is 2. The van der Waals surface area contributed by atoms with Gasteiger partial charge in [-0.3, -0.25) is 0 Å². The zero-order valence-corrected chi connectivity index (χ0v) is 11.0. The highest BCUT2D eigenvalue weighted by Crippen LogP contribution is 2.17. The highest BCUT2D eigenvalue weighted by Gasteiger charge is 2.05. The van der Waals surface area contributed by atoms with E-state index >= 15 is 0 Å². The summed E-state index contributed by atoms with van der Waals surface area (Å²) in [5.41, 5.74) is 1.69. The van der Waals surface area contributed by atoms with Crippen molar-refractivity contribution < 1.29 is 8.78 Å². The van der Waals surface area contributed by atoms with Gasteiger partial charge in [-0.15, -0.1) is 0 Å². The number of halogens is 2. The molecule has 0 saturated heterocycles.